The summed E-state index contributed by atoms with van der Waals surface area (Å²) in [5.74, 6) is -1.23. The average molecular weight is 480 g/mol. The first kappa shape index (κ1) is 24.4. The molecule has 174 valence electrons. The summed E-state index contributed by atoms with van der Waals surface area (Å²) >= 11 is 5.92. The van der Waals surface area contributed by atoms with Gasteiger partial charge in [0, 0.05) is 24.0 Å². The topological polar surface area (TPSA) is 40.5 Å². The highest BCUT2D eigenvalue weighted by Crippen LogP contribution is 2.40. The summed E-state index contributed by atoms with van der Waals surface area (Å²) in [6.45, 7) is 0.175. The minimum Gasteiger partial charge on any atom is -0.481 e. The summed E-state index contributed by atoms with van der Waals surface area (Å²) in [5, 5.41) is 9.27. The first-order chi connectivity index (χ1) is 14.8. The van der Waals surface area contributed by atoms with Crippen molar-refractivity contribution >= 4 is 17.6 Å². The molecule has 2 atom stereocenters. The highest BCUT2D eigenvalue weighted by molar-refractivity contribution is 6.30. The molecular weight excluding hydrogens is 460 g/mol. The van der Waals surface area contributed by atoms with Crippen molar-refractivity contribution in [3.8, 4) is 0 Å². The van der Waals surface area contributed by atoms with Crippen LogP contribution in [0.5, 0.6) is 0 Å². The van der Waals surface area contributed by atoms with Crippen LogP contribution >= 0.6 is 11.6 Å². The van der Waals surface area contributed by atoms with Crippen molar-refractivity contribution in [2.75, 3.05) is 6.54 Å². The maximum Gasteiger partial charge on any atom is 0.416 e. The van der Waals surface area contributed by atoms with Gasteiger partial charge in [0.25, 0.3) is 0 Å². The summed E-state index contributed by atoms with van der Waals surface area (Å²) < 4.78 is 79.2. The van der Waals surface area contributed by atoms with Crippen molar-refractivity contribution in [3.63, 3.8) is 0 Å². The molecule has 0 saturated carbocycles. The highest BCUT2D eigenvalue weighted by atomic mass is 35.5. The second-order valence-corrected chi connectivity index (χ2v) is 8.33. The van der Waals surface area contributed by atoms with Crippen LogP contribution in [-0.2, 0) is 23.7 Å². The standard InChI is InChI=1S/C22H20ClF6NO2/c23-17-5-6-18(22(27,28)29)15(11-17)12-30-8-7-13(10-20(31)32)9-19(30)14-1-3-16(4-2-14)21(24,25)26/h1-6,11,13,19H,7-10,12H2,(H,31,32)/t13-,19+/m0/s1. The molecule has 2 aromatic carbocycles. The van der Waals surface area contributed by atoms with Gasteiger partial charge in [-0.3, -0.25) is 9.69 Å². The Balaban J connectivity index is 1.93. The average Bonchev–Trinajstić information content (AvgIpc) is 2.67. The molecule has 1 saturated heterocycles. The molecule has 3 rings (SSSR count). The van der Waals surface area contributed by atoms with Gasteiger partial charge in [-0.1, -0.05) is 23.7 Å². The Kier molecular flexibility index (Phi) is 7.09. The van der Waals surface area contributed by atoms with Crippen LogP contribution in [0.2, 0.25) is 5.02 Å². The van der Waals surface area contributed by atoms with E-state index >= 15 is 0 Å². The van der Waals surface area contributed by atoms with Gasteiger partial charge >= 0.3 is 18.3 Å². The minimum atomic E-state index is -4.59. The number of benzene rings is 2. The number of hydrogen-bond acceptors (Lipinski definition) is 2. The van der Waals surface area contributed by atoms with E-state index < -0.39 is 35.5 Å². The highest BCUT2D eigenvalue weighted by Gasteiger charge is 2.36. The number of aliphatic carboxylic acids is 1. The van der Waals surface area contributed by atoms with Crippen molar-refractivity contribution in [2.24, 2.45) is 5.92 Å². The molecule has 3 nitrogen and oxygen atoms in total. The first-order valence-electron chi connectivity index (χ1n) is 9.83. The van der Waals surface area contributed by atoms with Crippen LogP contribution in [0, 0.1) is 5.92 Å². The molecule has 10 heteroatoms. The molecule has 2 aromatic rings. The summed E-state index contributed by atoms with van der Waals surface area (Å²) in [6.07, 6.45) is -8.47. The molecule has 0 bridgehead atoms. The van der Waals surface area contributed by atoms with Crippen LogP contribution in [0.15, 0.2) is 42.5 Å². The zero-order chi connectivity index (χ0) is 23.7. The lowest BCUT2D eigenvalue weighted by atomic mass is 9.84. The molecule has 1 N–H and O–H groups in total. The summed E-state index contributed by atoms with van der Waals surface area (Å²) in [7, 11) is 0. The van der Waals surface area contributed by atoms with E-state index in [1.165, 1.54) is 18.2 Å². The molecule has 1 fully saturated rings. The van der Waals surface area contributed by atoms with Crippen LogP contribution in [0.3, 0.4) is 0 Å². The lowest BCUT2D eigenvalue weighted by Gasteiger charge is -2.40. The van der Waals surface area contributed by atoms with Gasteiger partial charge in [0.1, 0.15) is 0 Å². The largest absolute Gasteiger partial charge is 0.481 e. The van der Waals surface area contributed by atoms with Crippen LogP contribution in [0.1, 0.15) is 47.6 Å². The van der Waals surface area contributed by atoms with Crippen LogP contribution in [-0.4, -0.2) is 22.5 Å². The summed E-state index contributed by atoms with van der Waals surface area (Å²) in [6, 6.07) is 7.21. The molecule has 0 radical (unpaired) electrons. The fourth-order valence-corrected chi connectivity index (χ4v) is 4.33. The molecule has 0 spiro atoms. The van der Waals surface area contributed by atoms with E-state index in [-0.39, 0.29) is 29.5 Å². The van der Waals surface area contributed by atoms with E-state index in [4.69, 9.17) is 16.7 Å². The molecule has 0 amide bonds. The lowest BCUT2D eigenvalue weighted by Crippen LogP contribution is -2.37. The van der Waals surface area contributed by atoms with Gasteiger partial charge in [-0.2, -0.15) is 26.3 Å². The van der Waals surface area contributed by atoms with E-state index in [1.807, 2.05) is 0 Å². The Morgan fingerprint density at radius 3 is 2.25 bits per heavy atom. The molecule has 32 heavy (non-hydrogen) atoms. The number of carboxylic acid groups (broad SMARTS) is 1. The smallest absolute Gasteiger partial charge is 0.416 e. The normalized spacial score (nSPS) is 20.3. The van der Waals surface area contributed by atoms with Crippen molar-refractivity contribution in [2.45, 2.75) is 44.2 Å². The van der Waals surface area contributed by atoms with Crippen molar-refractivity contribution in [1.82, 2.24) is 4.90 Å². The maximum atomic E-state index is 13.5. The van der Waals surface area contributed by atoms with E-state index in [0.717, 1.165) is 24.3 Å². The first-order valence-corrected chi connectivity index (χ1v) is 10.2. The van der Waals surface area contributed by atoms with Gasteiger partial charge in [-0.05, 0) is 66.8 Å². The third kappa shape index (κ3) is 5.95. The third-order valence-electron chi connectivity index (χ3n) is 5.65. The number of nitrogens with zero attached hydrogens (tertiary/aromatic N) is 1. The van der Waals surface area contributed by atoms with Gasteiger partial charge in [0.05, 0.1) is 11.1 Å². The number of rotatable bonds is 5. The van der Waals surface area contributed by atoms with E-state index in [2.05, 4.69) is 0 Å². The second kappa shape index (κ2) is 9.31. The SMILES string of the molecule is O=C(O)C[C@H]1CCN(Cc2cc(Cl)ccc2C(F)(F)F)[C@@H](c2ccc(C(F)(F)F)cc2)C1. The summed E-state index contributed by atoms with van der Waals surface area (Å²) in [5.41, 5.74) is -1.22. The van der Waals surface area contributed by atoms with Gasteiger partial charge in [-0.25, -0.2) is 0 Å². The number of alkyl halides is 6. The Labute approximate surface area is 185 Å². The van der Waals surface area contributed by atoms with Gasteiger partial charge in [0.2, 0.25) is 0 Å². The summed E-state index contributed by atoms with van der Waals surface area (Å²) in [4.78, 5) is 12.9. The lowest BCUT2D eigenvalue weighted by molar-refractivity contribution is -0.140. The van der Waals surface area contributed by atoms with Crippen molar-refractivity contribution in [1.29, 1.82) is 0 Å². The van der Waals surface area contributed by atoms with E-state index in [1.54, 1.807) is 4.90 Å². The van der Waals surface area contributed by atoms with Gasteiger partial charge in [0.15, 0.2) is 0 Å². The molecule has 0 unspecified atom stereocenters. The number of piperidine rings is 1. The van der Waals surface area contributed by atoms with E-state index in [9.17, 15) is 31.1 Å². The fraction of sp³-hybridized carbons (Fsp3) is 0.409. The van der Waals surface area contributed by atoms with E-state index in [0.29, 0.717) is 24.9 Å². The van der Waals surface area contributed by atoms with Crippen molar-refractivity contribution in [3.05, 3.63) is 69.7 Å². The third-order valence-corrected chi connectivity index (χ3v) is 5.89. The molecule has 1 aliphatic rings. The van der Waals surface area contributed by atoms with Crippen LogP contribution in [0.25, 0.3) is 0 Å². The Morgan fingerprint density at radius 1 is 1.03 bits per heavy atom. The monoisotopic (exact) mass is 479 g/mol. The zero-order valence-electron chi connectivity index (χ0n) is 16.7. The minimum absolute atomic E-state index is 0.0430. The van der Waals surface area contributed by atoms with Crippen molar-refractivity contribution < 1.29 is 36.2 Å². The maximum absolute atomic E-state index is 13.5. The number of likely N-dealkylation sites (tertiary alicyclic amines) is 1. The van der Waals surface area contributed by atoms with Gasteiger partial charge < -0.3 is 5.11 Å². The number of carbonyl (C=O) groups is 1. The predicted octanol–water partition coefficient (Wildman–Crippen LogP) is 6.81. The molecule has 0 aromatic heterocycles. The Morgan fingerprint density at radius 2 is 1.69 bits per heavy atom. The Bertz CT molecular complexity index is 958. The van der Waals surface area contributed by atoms with Crippen LogP contribution < -0.4 is 0 Å². The number of halogens is 7. The van der Waals surface area contributed by atoms with Crippen LogP contribution in [0.4, 0.5) is 26.3 Å². The quantitative estimate of drug-likeness (QED) is 0.479. The molecule has 1 heterocycles. The Hall–Kier alpha value is -2.26. The zero-order valence-corrected chi connectivity index (χ0v) is 17.4. The number of hydrogen-bond donors (Lipinski definition) is 1. The molecule has 0 aliphatic carbocycles. The van der Waals surface area contributed by atoms with Gasteiger partial charge in [-0.15, -0.1) is 0 Å². The fourth-order valence-electron chi connectivity index (χ4n) is 4.14. The number of carboxylic acids is 1. The second-order valence-electron chi connectivity index (χ2n) is 7.89. The predicted molar refractivity (Wildman–Crippen MR) is 106 cm³/mol. The molecular formula is C22H20ClF6NO2. The molecule has 1 aliphatic heterocycles.